The van der Waals surface area contributed by atoms with Crippen molar-refractivity contribution in [3.63, 3.8) is 0 Å². The van der Waals surface area contributed by atoms with Gasteiger partial charge in [0.15, 0.2) is 8.32 Å². The summed E-state index contributed by atoms with van der Waals surface area (Å²) >= 11 is 3.45. The number of ether oxygens (including phenoxy) is 1. The van der Waals surface area contributed by atoms with Crippen LogP contribution >= 0.6 is 15.9 Å². The largest absolute Gasteiger partial charge is 0.497 e. The van der Waals surface area contributed by atoms with E-state index in [2.05, 4.69) is 60.1 Å². The second kappa shape index (κ2) is 8.90. The van der Waals surface area contributed by atoms with Gasteiger partial charge in [-0.3, -0.25) is 0 Å². The quantitative estimate of drug-likeness (QED) is 0.494. The van der Waals surface area contributed by atoms with Crippen LogP contribution in [0.5, 0.6) is 5.75 Å². The Labute approximate surface area is 171 Å². The van der Waals surface area contributed by atoms with E-state index in [1.807, 2.05) is 18.3 Å². The van der Waals surface area contributed by atoms with Crippen LogP contribution in [0.1, 0.15) is 38.1 Å². The Kier molecular flexibility index (Phi) is 7.30. The van der Waals surface area contributed by atoms with Gasteiger partial charge >= 0.3 is 0 Å². The highest BCUT2D eigenvalue weighted by Gasteiger charge is 2.37. The number of aromatic nitrogens is 1. The second-order valence-electron chi connectivity index (χ2n) is 8.27. The normalized spacial score (nSPS) is 13.6. The Bertz CT molecular complexity index is 759. The van der Waals surface area contributed by atoms with E-state index in [9.17, 15) is 4.39 Å². The smallest absolute Gasteiger partial charge is 0.192 e. The number of nitrogens with one attached hydrogen (secondary N) is 2. The second-order valence-corrected chi connectivity index (χ2v) is 14.0. The zero-order chi connectivity index (χ0) is 20.2. The van der Waals surface area contributed by atoms with Crippen LogP contribution in [0.2, 0.25) is 18.1 Å². The molecule has 0 aliphatic rings. The van der Waals surface area contributed by atoms with Crippen LogP contribution in [-0.2, 0) is 11.0 Å². The topological polar surface area (TPSA) is 46.3 Å². The minimum absolute atomic E-state index is 0.113. The first-order chi connectivity index (χ1) is 12.5. The van der Waals surface area contributed by atoms with E-state index >= 15 is 0 Å². The van der Waals surface area contributed by atoms with Crippen LogP contribution in [0, 0.1) is 5.82 Å². The lowest BCUT2D eigenvalue weighted by molar-refractivity contribution is 0.242. The van der Waals surface area contributed by atoms with E-state index < -0.39 is 8.32 Å². The molecular formula is C20H30BrFN2O2Si. The molecule has 0 aliphatic heterocycles. The van der Waals surface area contributed by atoms with E-state index in [4.69, 9.17) is 9.16 Å². The van der Waals surface area contributed by atoms with Crippen molar-refractivity contribution in [2.75, 3.05) is 13.7 Å². The Morgan fingerprint density at radius 1 is 1.22 bits per heavy atom. The number of rotatable bonds is 8. The standard InChI is InChI=1S/C20H30BrFN2O2Si/c1-20(2,3)27(5,6)26-13-19(24-12-17-9-15(21)11-23-17)14-7-16(22)10-18(8-14)25-4/h7-11,19,23-24H,12-13H2,1-6H3. The highest BCUT2D eigenvalue weighted by atomic mass is 79.9. The molecule has 0 saturated carbocycles. The first-order valence-corrected chi connectivity index (χ1v) is 12.8. The van der Waals surface area contributed by atoms with Gasteiger partial charge < -0.3 is 19.5 Å². The molecule has 1 atom stereocenters. The van der Waals surface area contributed by atoms with Gasteiger partial charge in [-0.25, -0.2) is 4.39 Å². The van der Waals surface area contributed by atoms with Crippen molar-refractivity contribution in [2.45, 2.75) is 51.5 Å². The monoisotopic (exact) mass is 456 g/mol. The Morgan fingerprint density at radius 2 is 1.93 bits per heavy atom. The predicted octanol–water partition coefficient (Wildman–Crippen LogP) is 5.78. The van der Waals surface area contributed by atoms with Gasteiger partial charge in [0.05, 0.1) is 19.8 Å². The molecule has 27 heavy (non-hydrogen) atoms. The molecule has 1 aromatic heterocycles. The summed E-state index contributed by atoms with van der Waals surface area (Å²) in [4.78, 5) is 3.20. The van der Waals surface area contributed by atoms with E-state index in [0.717, 1.165) is 15.7 Å². The maximum absolute atomic E-state index is 14.1. The van der Waals surface area contributed by atoms with Crippen molar-refractivity contribution in [1.29, 1.82) is 0 Å². The number of H-pyrrole nitrogens is 1. The first kappa shape index (κ1) is 22.1. The van der Waals surface area contributed by atoms with Crippen molar-refractivity contribution in [3.05, 3.63) is 52.0 Å². The fourth-order valence-electron chi connectivity index (χ4n) is 2.43. The maximum atomic E-state index is 14.1. The van der Waals surface area contributed by atoms with Crippen LogP contribution in [0.4, 0.5) is 4.39 Å². The molecule has 0 aliphatic carbocycles. The van der Waals surface area contributed by atoms with Gasteiger partial charge in [0, 0.05) is 29.0 Å². The maximum Gasteiger partial charge on any atom is 0.192 e. The van der Waals surface area contributed by atoms with Crippen LogP contribution in [0.25, 0.3) is 0 Å². The number of aromatic amines is 1. The molecule has 0 saturated heterocycles. The average Bonchev–Trinajstić information content (AvgIpc) is 2.98. The van der Waals surface area contributed by atoms with Crippen LogP contribution in [0.3, 0.4) is 0 Å². The van der Waals surface area contributed by atoms with Crippen molar-refractivity contribution in [3.8, 4) is 5.75 Å². The van der Waals surface area contributed by atoms with Crippen molar-refractivity contribution < 1.29 is 13.6 Å². The van der Waals surface area contributed by atoms with Crippen molar-refractivity contribution in [1.82, 2.24) is 10.3 Å². The van der Waals surface area contributed by atoms with Gasteiger partial charge in [0.2, 0.25) is 0 Å². The van der Waals surface area contributed by atoms with Crippen LogP contribution in [0.15, 0.2) is 34.9 Å². The molecule has 0 fully saturated rings. The molecule has 4 nitrogen and oxygen atoms in total. The molecule has 1 unspecified atom stereocenters. The van der Waals surface area contributed by atoms with E-state index in [-0.39, 0.29) is 16.9 Å². The number of hydrogen-bond donors (Lipinski definition) is 2. The molecule has 0 bridgehead atoms. The molecule has 7 heteroatoms. The predicted molar refractivity (Wildman–Crippen MR) is 114 cm³/mol. The highest BCUT2D eigenvalue weighted by molar-refractivity contribution is 9.10. The fourth-order valence-corrected chi connectivity index (χ4v) is 3.84. The summed E-state index contributed by atoms with van der Waals surface area (Å²) in [5.41, 5.74) is 1.86. The number of methoxy groups -OCH3 is 1. The Hall–Kier alpha value is -1.15. The summed E-state index contributed by atoms with van der Waals surface area (Å²) in [7, 11) is -0.375. The first-order valence-electron chi connectivity index (χ1n) is 9.06. The Morgan fingerprint density at radius 3 is 2.48 bits per heavy atom. The average molecular weight is 457 g/mol. The van der Waals surface area contributed by atoms with Crippen LogP contribution < -0.4 is 10.1 Å². The van der Waals surface area contributed by atoms with Gasteiger partial charge in [0.1, 0.15) is 11.6 Å². The zero-order valence-corrected chi connectivity index (χ0v) is 19.5. The molecule has 150 valence electrons. The number of hydrogen-bond acceptors (Lipinski definition) is 3. The minimum atomic E-state index is -1.92. The summed E-state index contributed by atoms with van der Waals surface area (Å²) in [6.45, 7) is 12.2. The third kappa shape index (κ3) is 6.17. The minimum Gasteiger partial charge on any atom is -0.497 e. The Balaban J connectivity index is 2.21. The summed E-state index contributed by atoms with van der Waals surface area (Å²) in [5, 5.41) is 3.60. The lowest BCUT2D eigenvalue weighted by Crippen LogP contribution is -2.43. The molecule has 0 amide bonds. The molecule has 1 heterocycles. The van der Waals surface area contributed by atoms with Crippen molar-refractivity contribution >= 4 is 24.2 Å². The van der Waals surface area contributed by atoms with Crippen molar-refractivity contribution in [2.24, 2.45) is 0 Å². The molecule has 2 aromatic rings. The summed E-state index contributed by atoms with van der Waals surface area (Å²) in [6, 6.07) is 6.66. The lowest BCUT2D eigenvalue weighted by Gasteiger charge is -2.37. The van der Waals surface area contributed by atoms with E-state index in [0.29, 0.717) is 18.9 Å². The number of halogens is 2. The number of benzene rings is 1. The molecular weight excluding hydrogens is 427 g/mol. The summed E-state index contributed by atoms with van der Waals surface area (Å²) in [5.74, 6) is 0.192. The van der Waals surface area contributed by atoms with Gasteiger partial charge in [-0.05, 0) is 57.8 Å². The third-order valence-corrected chi connectivity index (χ3v) is 10.2. The summed E-state index contributed by atoms with van der Waals surface area (Å²) in [6.07, 6.45) is 1.89. The molecule has 2 rings (SSSR count). The molecule has 0 radical (unpaired) electrons. The van der Waals surface area contributed by atoms with Gasteiger partial charge in [0.25, 0.3) is 0 Å². The summed E-state index contributed by atoms with van der Waals surface area (Å²) < 4.78 is 26.7. The highest BCUT2D eigenvalue weighted by Crippen LogP contribution is 2.37. The molecule has 1 aromatic carbocycles. The fraction of sp³-hybridized carbons (Fsp3) is 0.500. The van der Waals surface area contributed by atoms with Crippen LogP contribution in [-0.4, -0.2) is 27.0 Å². The van der Waals surface area contributed by atoms with Gasteiger partial charge in [-0.15, -0.1) is 0 Å². The van der Waals surface area contributed by atoms with Gasteiger partial charge in [-0.1, -0.05) is 20.8 Å². The SMILES string of the molecule is COc1cc(F)cc(C(CO[Si](C)(C)C(C)(C)C)NCc2cc(Br)c[nH]2)c1. The lowest BCUT2D eigenvalue weighted by atomic mass is 10.1. The molecule has 0 spiro atoms. The third-order valence-electron chi connectivity index (χ3n) is 5.20. The zero-order valence-electron chi connectivity index (χ0n) is 17.0. The van der Waals surface area contributed by atoms with Gasteiger partial charge in [-0.2, -0.15) is 0 Å². The van der Waals surface area contributed by atoms with E-state index in [1.54, 1.807) is 13.2 Å². The van der Waals surface area contributed by atoms with E-state index in [1.165, 1.54) is 6.07 Å². The molecule has 2 N–H and O–H groups in total.